The van der Waals surface area contributed by atoms with E-state index in [-0.39, 0.29) is 5.76 Å². The van der Waals surface area contributed by atoms with Gasteiger partial charge in [0, 0.05) is 5.69 Å². The molecular weight excluding hydrogens is 272 g/mol. The topological polar surface area (TPSA) is 85.4 Å². The Morgan fingerprint density at radius 3 is 2.48 bits per heavy atom. The molecule has 110 valence electrons. The van der Waals surface area contributed by atoms with Gasteiger partial charge in [-0.25, -0.2) is 0 Å². The number of benzene rings is 1. The highest BCUT2D eigenvalue weighted by Gasteiger charge is 2.17. The van der Waals surface area contributed by atoms with Crippen LogP contribution in [0.2, 0.25) is 0 Å². The lowest BCUT2D eigenvalue weighted by Crippen LogP contribution is -2.10. The van der Waals surface area contributed by atoms with E-state index in [0.717, 1.165) is 12.5 Å². The number of carbonyl (C=O) groups excluding carboxylic acids is 1. The third-order valence-electron chi connectivity index (χ3n) is 3.35. The Morgan fingerprint density at radius 1 is 1.29 bits per heavy atom. The Balaban J connectivity index is 2.06. The zero-order valence-electron chi connectivity index (χ0n) is 11.8. The fourth-order valence-electron chi connectivity index (χ4n) is 1.87. The second kappa shape index (κ2) is 6.21. The van der Waals surface area contributed by atoms with Gasteiger partial charge in [-0.2, -0.15) is 0 Å². The molecule has 1 amide bonds. The molecule has 2 aromatic rings. The number of nitrogens with one attached hydrogen (secondary N) is 1. The number of hydrogen-bond acceptors (Lipinski definition) is 4. The lowest BCUT2D eigenvalue weighted by molar-refractivity contribution is -0.402. The van der Waals surface area contributed by atoms with Crippen LogP contribution in [-0.2, 0) is 0 Å². The van der Waals surface area contributed by atoms with Crippen LogP contribution in [0.25, 0.3) is 0 Å². The maximum Gasteiger partial charge on any atom is 0.433 e. The van der Waals surface area contributed by atoms with E-state index in [1.807, 2.05) is 12.1 Å². The first-order valence-corrected chi connectivity index (χ1v) is 6.66. The minimum absolute atomic E-state index is 0.0901. The van der Waals surface area contributed by atoms with Crippen LogP contribution in [-0.4, -0.2) is 10.8 Å². The zero-order chi connectivity index (χ0) is 15.4. The number of rotatable bonds is 5. The number of anilines is 1. The van der Waals surface area contributed by atoms with Crippen molar-refractivity contribution in [3.8, 4) is 0 Å². The summed E-state index contributed by atoms with van der Waals surface area (Å²) >= 11 is 0. The highest BCUT2D eigenvalue weighted by atomic mass is 16.6. The molecule has 0 aliphatic rings. The van der Waals surface area contributed by atoms with Crippen LogP contribution in [0.5, 0.6) is 0 Å². The summed E-state index contributed by atoms with van der Waals surface area (Å²) in [6.45, 7) is 4.25. The first-order chi connectivity index (χ1) is 10.0. The molecular formula is C15H16N2O4. The molecule has 2 rings (SSSR count). The smallest absolute Gasteiger partial charge is 0.395 e. The highest BCUT2D eigenvalue weighted by Crippen LogP contribution is 2.21. The van der Waals surface area contributed by atoms with Crippen LogP contribution in [0.3, 0.4) is 0 Å². The Morgan fingerprint density at radius 2 is 1.95 bits per heavy atom. The van der Waals surface area contributed by atoms with Crippen LogP contribution in [0.15, 0.2) is 40.8 Å². The largest absolute Gasteiger partial charge is 0.433 e. The van der Waals surface area contributed by atoms with E-state index in [4.69, 9.17) is 4.42 Å². The lowest BCUT2D eigenvalue weighted by atomic mass is 9.99. The van der Waals surface area contributed by atoms with E-state index < -0.39 is 16.7 Å². The average molecular weight is 288 g/mol. The summed E-state index contributed by atoms with van der Waals surface area (Å²) in [4.78, 5) is 21.7. The Bertz CT molecular complexity index is 646. The number of nitro groups is 1. The van der Waals surface area contributed by atoms with E-state index in [1.54, 1.807) is 12.1 Å². The molecule has 1 aromatic heterocycles. The van der Waals surface area contributed by atoms with Gasteiger partial charge in [0.05, 0.1) is 6.07 Å². The van der Waals surface area contributed by atoms with Crippen molar-refractivity contribution < 1.29 is 14.1 Å². The van der Waals surface area contributed by atoms with Gasteiger partial charge in [-0.1, -0.05) is 26.0 Å². The number of furan rings is 1. The van der Waals surface area contributed by atoms with Crippen LogP contribution >= 0.6 is 0 Å². The first kappa shape index (κ1) is 14.8. The molecule has 0 bridgehead atoms. The van der Waals surface area contributed by atoms with Crippen molar-refractivity contribution >= 4 is 17.5 Å². The highest BCUT2D eigenvalue weighted by molar-refractivity contribution is 6.02. The maximum atomic E-state index is 11.9. The van der Waals surface area contributed by atoms with E-state index >= 15 is 0 Å². The number of carbonyl (C=O) groups is 1. The van der Waals surface area contributed by atoms with E-state index in [9.17, 15) is 14.9 Å². The quantitative estimate of drug-likeness (QED) is 0.666. The van der Waals surface area contributed by atoms with Crippen LogP contribution in [0, 0.1) is 10.1 Å². The fourth-order valence-corrected chi connectivity index (χ4v) is 1.87. The SMILES string of the molecule is CC[C@H](C)c1ccc(NC(=O)c2ccc([N+](=O)[O-])o2)cc1. The lowest BCUT2D eigenvalue weighted by Gasteiger charge is -2.10. The van der Waals surface area contributed by atoms with Crippen molar-refractivity contribution in [1.29, 1.82) is 0 Å². The molecule has 0 unspecified atom stereocenters. The maximum absolute atomic E-state index is 11.9. The Hall–Kier alpha value is -2.63. The van der Waals surface area contributed by atoms with Crippen molar-refractivity contribution in [3.63, 3.8) is 0 Å². The summed E-state index contributed by atoms with van der Waals surface area (Å²) < 4.78 is 4.85. The third kappa shape index (κ3) is 3.47. The van der Waals surface area contributed by atoms with Gasteiger partial charge >= 0.3 is 5.88 Å². The van der Waals surface area contributed by atoms with Crippen molar-refractivity contribution in [2.24, 2.45) is 0 Å². The van der Waals surface area contributed by atoms with Gasteiger partial charge in [-0.05, 0) is 36.1 Å². The molecule has 1 heterocycles. The Labute approximate surface area is 121 Å². The normalized spacial score (nSPS) is 11.9. The monoisotopic (exact) mass is 288 g/mol. The minimum atomic E-state index is -0.683. The molecule has 0 aliphatic heterocycles. The van der Waals surface area contributed by atoms with Gasteiger partial charge in [-0.3, -0.25) is 14.9 Å². The van der Waals surface area contributed by atoms with Gasteiger partial charge in [0.1, 0.15) is 4.92 Å². The molecule has 21 heavy (non-hydrogen) atoms. The molecule has 6 heteroatoms. The van der Waals surface area contributed by atoms with Gasteiger partial charge < -0.3 is 9.73 Å². The van der Waals surface area contributed by atoms with Crippen LogP contribution in [0.1, 0.15) is 42.3 Å². The number of nitrogens with zero attached hydrogens (tertiary/aromatic N) is 1. The molecule has 0 aliphatic carbocycles. The summed E-state index contributed by atoms with van der Waals surface area (Å²) in [6.07, 6.45) is 1.04. The molecule has 1 N–H and O–H groups in total. The minimum Gasteiger partial charge on any atom is -0.395 e. The first-order valence-electron chi connectivity index (χ1n) is 6.66. The third-order valence-corrected chi connectivity index (χ3v) is 3.35. The molecule has 0 saturated carbocycles. The van der Waals surface area contributed by atoms with Crippen LogP contribution in [0.4, 0.5) is 11.6 Å². The van der Waals surface area contributed by atoms with Gasteiger partial charge in [0.25, 0.3) is 5.91 Å². The summed E-state index contributed by atoms with van der Waals surface area (Å²) in [6, 6.07) is 9.94. The van der Waals surface area contributed by atoms with Crippen molar-refractivity contribution in [2.75, 3.05) is 5.32 Å². The summed E-state index contributed by atoms with van der Waals surface area (Å²) in [5.41, 5.74) is 1.82. The molecule has 0 saturated heterocycles. The van der Waals surface area contributed by atoms with Crippen molar-refractivity contribution in [3.05, 3.63) is 57.8 Å². The second-order valence-corrected chi connectivity index (χ2v) is 4.78. The molecule has 1 aromatic carbocycles. The Kier molecular flexibility index (Phi) is 4.37. The molecule has 0 radical (unpaired) electrons. The molecule has 0 fully saturated rings. The molecule has 0 spiro atoms. The zero-order valence-corrected chi connectivity index (χ0v) is 11.8. The van der Waals surface area contributed by atoms with Crippen molar-refractivity contribution in [1.82, 2.24) is 0 Å². The van der Waals surface area contributed by atoms with Crippen molar-refractivity contribution in [2.45, 2.75) is 26.2 Å². The molecule has 1 atom stereocenters. The summed E-state index contributed by atoms with van der Waals surface area (Å²) in [7, 11) is 0. The van der Waals surface area contributed by atoms with E-state index in [1.165, 1.54) is 11.6 Å². The summed E-state index contributed by atoms with van der Waals surface area (Å²) in [5.74, 6) is -0.596. The van der Waals surface area contributed by atoms with Gasteiger partial charge in [0.2, 0.25) is 0 Å². The number of hydrogen-bond donors (Lipinski definition) is 1. The van der Waals surface area contributed by atoms with Gasteiger partial charge in [0.15, 0.2) is 5.76 Å². The fraction of sp³-hybridized carbons (Fsp3) is 0.267. The van der Waals surface area contributed by atoms with Gasteiger partial charge in [-0.15, -0.1) is 0 Å². The summed E-state index contributed by atoms with van der Waals surface area (Å²) in [5, 5.41) is 13.1. The standard InChI is InChI=1S/C15H16N2O4/c1-3-10(2)11-4-6-12(7-5-11)16-15(18)13-8-9-14(21-13)17(19)20/h4-10H,3H2,1-2H3,(H,16,18)/t10-/m0/s1. The number of amides is 1. The van der Waals surface area contributed by atoms with E-state index in [0.29, 0.717) is 11.6 Å². The van der Waals surface area contributed by atoms with Crippen LogP contribution < -0.4 is 5.32 Å². The second-order valence-electron chi connectivity index (χ2n) is 4.78. The molecule has 6 nitrogen and oxygen atoms in total. The predicted molar refractivity (Wildman–Crippen MR) is 78.5 cm³/mol. The predicted octanol–water partition coefficient (Wildman–Crippen LogP) is 3.95. The van der Waals surface area contributed by atoms with E-state index in [2.05, 4.69) is 19.2 Å². The average Bonchev–Trinajstić information content (AvgIpc) is 2.97.